The molecule has 0 fully saturated rings. The summed E-state index contributed by atoms with van der Waals surface area (Å²) >= 11 is 7.40. The van der Waals surface area contributed by atoms with E-state index in [2.05, 4.69) is 15.4 Å². The van der Waals surface area contributed by atoms with E-state index in [-0.39, 0.29) is 12.3 Å². The van der Waals surface area contributed by atoms with Crippen molar-refractivity contribution in [1.29, 1.82) is 0 Å². The topological polar surface area (TPSA) is 59.8 Å². The number of thiazole rings is 1. The maximum absolute atomic E-state index is 12.3. The van der Waals surface area contributed by atoms with Gasteiger partial charge in [-0.2, -0.15) is 5.10 Å². The predicted octanol–water partition coefficient (Wildman–Crippen LogP) is 4.09. The van der Waals surface area contributed by atoms with Crippen molar-refractivity contribution < 1.29 is 4.79 Å². The third-order valence-electron chi connectivity index (χ3n) is 3.72. The molecule has 7 heteroatoms. The molecule has 3 rings (SSSR count). The van der Waals surface area contributed by atoms with Crippen LogP contribution in [0.25, 0.3) is 5.69 Å². The van der Waals surface area contributed by atoms with Crippen LogP contribution in [0, 0.1) is 20.8 Å². The fourth-order valence-electron chi connectivity index (χ4n) is 2.50. The number of hydrogen-bond donors (Lipinski definition) is 1. The summed E-state index contributed by atoms with van der Waals surface area (Å²) in [7, 11) is 0. The van der Waals surface area contributed by atoms with E-state index >= 15 is 0 Å². The second-order valence-corrected chi connectivity index (χ2v) is 7.21. The van der Waals surface area contributed by atoms with E-state index in [1.165, 1.54) is 11.3 Å². The summed E-state index contributed by atoms with van der Waals surface area (Å²) < 4.78 is 1.84. The lowest BCUT2D eigenvalue weighted by Gasteiger charge is -2.06. The largest absolute Gasteiger partial charge is 0.302 e. The lowest BCUT2D eigenvalue weighted by atomic mass is 10.1. The van der Waals surface area contributed by atoms with E-state index in [0.29, 0.717) is 10.2 Å². The molecule has 5 nitrogen and oxygen atoms in total. The van der Waals surface area contributed by atoms with Crippen LogP contribution in [0.4, 0.5) is 5.13 Å². The quantitative estimate of drug-likeness (QED) is 0.762. The lowest BCUT2D eigenvalue weighted by Crippen LogP contribution is -2.15. The van der Waals surface area contributed by atoms with Crippen LogP contribution in [0.3, 0.4) is 0 Å². The van der Waals surface area contributed by atoms with Crippen LogP contribution in [-0.4, -0.2) is 20.7 Å². The SMILES string of the molecule is Cc1cnc(NC(=O)Cc2c(C)nn(-c3ccc(Cl)cc3)c2C)s1. The summed E-state index contributed by atoms with van der Waals surface area (Å²) in [5, 5.41) is 8.69. The number of aryl methyl sites for hydroxylation is 2. The minimum atomic E-state index is -0.0915. The molecule has 1 amide bonds. The number of amides is 1. The number of nitrogens with zero attached hydrogens (tertiary/aromatic N) is 3. The Balaban J connectivity index is 1.81. The highest BCUT2D eigenvalue weighted by Gasteiger charge is 2.16. The molecule has 0 atom stereocenters. The zero-order chi connectivity index (χ0) is 17.3. The van der Waals surface area contributed by atoms with E-state index in [1.54, 1.807) is 6.20 Å². The van der Waals surface area contributed by atoms with Gasteiger partial charge in [-0.3, -0.25) is 4.79 Å². The molecule has 24 heavy (non-hydrogen) atoms. The van der Waals surface area contributed by atoms with Gasteiger partial charge in [-0.05, 0) is 45.0 Å². The number of aromatic nitrogens is 3. The number of carbonyl (C=O) groups excluding carboxylic acids is 1. The van der Waals surface area contributed by atoms with Crippen molar-refractivity contribution in [3.05, 3.63) is 57.3 Å². The fourth-order valence-corrected chi connectivity index (χ4v) is 3.31. The Hall–Kier alpha value is -2.18. The van der Waals surface area contributed by atoms with Gasteiger partial charge in [0.1, 0.15) is 0 Å². The normalized spacial score (nSPS) is 10.8. The molecule has 1 N–H and O–H groups in total. The van der Waals surface area contributed by atoms with Gasteiger partial charge in [0.2, 0.25) is 5.91 Å². The van der Waals surface area contributed by atoms with Crippen LogP contribution < -0.4 is 5.32 Å². The first kappa shape index (κ1) is 16.7. The van der Waals surface area contributed by atoms with Crippen LogP contribution in [0.1, 0.15) is 21.8 Å². The van der Waals surface area contributed by atoms with Crippen LogP contribution >= 0.6 is 22.9 Å². The van der Waals surface area contributed by atoms with E-state index in [0.717, 1.165) is 27.5 Å². The van der Waals surface area contributed by atoms with Gasteiger partial charge in [0.05, 0.1) is 17.8 Å². The lowest BCUT2D eigenvalue weighted by molar-refractivity contribution is -0.115. The van der Waals surface area contributed by atoms with Crippen molar-refractivity contribution in [2.75, 3.05) is 5.32 Å². The van der Waals surface area contributed by atoms with Gasteiger partial charge < -0.3 is 5.32 Å². The van der Waals surface area contributed by atoms with Crippen LogP contribution in [0.15, 0.2) is 30.5 Å². The van der Waals surface area contributed by atoms with Gasteiger partial charge in [0.15, 0.2) is 5.13 Å². The zero-order valence-electron chi connectivity index (χ0n) is 13.6. The van der Waals surface area contributed by atoms with E-state index < -0.39 is 0 Å². The molecule has 124 valence electrons. The van der Waals surface area contributed by atoms with E-state index in [9.17, 15) is 4.79 Å². The highest BCUT2D eigenvalue weighted by atomic mass is 35.5. The smallest absolute Gasteiger partial charge is 0.230 e. The monoisotopic (exact) mass is 360 g/mol. The number of halogens is 1. The summed E-state index contributed by atoms with van der Waals surface area (Å²) in [6, 6.07) is 7.46. The number of carbonyl (C=O) groups is 1. The molecule has 3 aromatic rings. The summed E-state index contributed by atoms with van der Waals surface area (Å²) in [6.07, 6.45) is 2.01. The molecule has 2 aromatic heterocycles. The Morgan fingerprint density at radius 2 is 1.96 bits per heavy atom. The van der Waals surface area contributed by atoms with Gasteiger partial charge in [0.25, 0.3) is 0 Å². The van der Waals surface area contributed by atoms with Crippen molar-refractivity contribution in [2.45, 2.75) is 27.2 Å². The summed E-state index contributed by atoms with van der Waals surface area (Å²) in [5.41, 5.74) is 3.63. The zero-order valence-corrected chi connectivity index (χ0v) is 15.2. The first-order valence-electron chi connectivity index (χ1n) is 7.47. The molecular weight excluding hydrogens is 344 g/mol. The molecule has 2 heterocycles. The van der Waals surface area contributed by atoms with Crippen molar-refractivity contribution in [2.24, 2.45) is 0 Å². The maximum Gasteiger partial charge on any atom is 0.230 e. The standard InChI is InChI=1S/C17H17ClN4OS/c1-10-9-19-17(24-10)20-16(23)8-15-11(2)21-22(12(15)3)14-6-4-13(18)5-7-14/h4-7,9H,8H2,1-3H3,(H,19,20,23). The Morgan fingerprint density at radius 1 is 1.25 bits per heavy atom. The molecule has 0 radical (unpaired) electrons. The fraction of sp³-hybridized carbons (Fsp3) is 0.235. The number of hydrogen-bond acceptors (Lipinski definition) is 4. The summed E-state index contributed by atoms with van der Waals surface area (Å²) in [4.78, 5) is 17.5. The predicted molar refractivity (Wildman–Crippen MR) is 97.2 cm³/mol. The summed E-state index contributed by atoms with van der Waals surface area (Å²) in [6.45, 7) is 5.83. The van der Waals surface area contributed by atoms with Gasteiger partial charge in [-0.1, -0.05) is 11.6 Å². The molecule has 0 spiro atoms. The molecule has 0 unspecified atom stereocenters. The molecule has 0 bridgehead atoms. The second kappa shape index (κ2) is 6.75. The molecule has 0 saturated carbocycles. The van der Waals surface area contributed by atoms with Crippen molar-refractivity contribution in [1.82, 2.24) is 14.8 Å². The Morgan fingerprint density at radius 3 is 2.58 bits per heavy atom. The molecular formula is C17H17ClN4OS. The third-order valence-corrected chi connectivity index (χ3v) is 4.80. The second-order valence-electron chi connectivity index (χ2n) is 5.54. The highest BCUT2D eigenvalue weighted by molar-refractivity contribution is 7.15. The van der Waals surface area contributed by atoms with Crippen molar-refractivity contribution in [3.8, 4) is 5.69 Å². The van der Waals surface area contributed by atoms with Crippen LogP contribution in [0.5, 0.6) is 0 Å². The van der Waals surface area contributed by atoms with Crippen LogP contribution in [-0.2, 0) is 11.2 Å². The number of anilines is 1. The van der Waals surface area contributed by atoms with Crippen molar-refractivity contribution >= 4 is 34.0 Å². The number of nitrogens with one attached hydrogen (secondary N) is 1. The molecule has 1 aromatic carbocycles. The highest BCUT2D eigenvalue weighted by Crippen LogP contribution is 2.21. The van der Waals surface area contributed by atoms with Crippen LogP contribution in [0.2, 0.25) is 5.02 Å². The molecule has 0 aliphatic rings. The number of rotatable bonds is 4. The van der Waals surface area contributed by atoms with Crippen molar-refractivity contribution in [3.63, 3.8) is 0 Å². The average Bonchev–Trinajstić information content (AvgIpc) is 3.06. The molecule has 0 aliphatic heterocycles. The van der Waals surface area contributed by atoms with Gasteiger partial charge >= 0.3 is 0 Å². The Labute approximate surface area is 149 Å². The number of benzene rings is 1. The first-order valence-corrected chi connectivity index (χ1v) is 8.67. The van der Waals surface area contributed by atoms with E-state index in [4.69, 9.17) is 11.6 Å². The summed E-state index contributed by atoms with van der Waals surface area (Å²) in [5.74, 6) is -0.0915. The Bertz CT molecular complexity index is 883. The van der Waals surface area contributed by atoms with E-state index in [1.807, 2.05) is 49.7 Å². The third kappa shape index (κ3) is 3.49. The molecule has 0 aliphatic carbocycles. The molecule has 0 saturated heterocycles. The maximum atomic E-state index is 12.3. The first-order chi connectivity index (χ1) is 11.4. The minimum Gasteiger partial charge on any atom is -0.302 e. The van der Waals surface area contributed by atoms with Gasteiger partial charge in [-0.15, -0.1) is 11.3 Å². The van der Waals surface area contributed by atoms with Gasteiger partial charge in [-0.25, -0.2) is 9.67 Å². The average molecular weight is 361 g/mol. The Kier molecular flexibility index (Phi) is 4.69. The minimum absolute atomic E-state index is 0.0915. The van der Waals surface area contributed by atoms with Gasteiger partial charge in [0, 0.05) is 27.4 Å².